The highest BCUT2D eigenvalue weighted by Crippen LogP contribution is 2.25. The Hall–Kier alpha value is -3.60. The molecule has 3 heterocycles. The lowest BCUT2D eigenvalue weighted by Gasteiger charge is -2.06. The number of methoxy groups -OCH3 is 1. The molecule has 0 aliphatic rings. The third-order valence-electron chi connectivity index (χ3n) is 6.32. The number of aromatic nitrogens is 4. The summed E-state index contributed by atoms with van der Waals surface area (Å²) >= 11 is 0. The first-order valence-electron chi connectivity index (χ1n) is 11.1. The third-order valence-corrected chi connectivity index (χ3v) is 6.32. The van der Waals surface area contributed by atoms with E-state index in [0.717, 1.165) is 48.5 Å². The second-order valence-corrected chi connectivity index (χ2v) is 8.46. The fourth-order valence-electron chi connectivity index (χ4n) is 4.44. The number of H-pyrrole nitrogens is 1. The highest BCUT2D eigenvalue weighted by atomic mass is 16.5. The summed E-state index contributed by atoms with van der Waals surface area (Å²) in [5.74, 6) is 1.80. The number of rotatable bonds is 7. The van der Waals surface area contributed by atoms with Gasteiger partial charge in [0.2, 0.25) is 0 Å². The molecule has 0 unspecified atom stereocenters. The van der Waals surface area contributed by atoms with Gasteiger partial charge in [-0.15, -0.1) is 0 Å². The second kappa shape index (κ2) is 8.50. The maximum Gasteiger partial charge on any atom is 0.128 e. The number of ether oxygens (including phenoxy) is 1. The number of hydrogen-bond acceptors (Lipinski definition) is 3. The zero-order valence-electron chi connectivity index (χ0n) is 18.9. The summed E-state index contributed by atoms with van der Waals surface area (Å²) in [6.45, 7) is 2.14. The molecule has 0 atom stereocenters. The van der Waals surface area contributed by atoms with E-state index in [0.29, 0.717) is 0 Å². The van der Waals surface area contributed by atoms with Gasteiger partial charge in [0, 0.05) is 65.5 Å². The van der Waals surface area contributed by atoms with E-state index < -0.39 is 0 Å². The maximum absolute atomic E-state index is 5.38. The molecule has 5 rings (SSSR count). The van der Waals surface area contributed by atoms with Gasteiger partial charge in [0.15, 0.2) is 0 Å². The first-order valence-corrected chi connectivity index (χ1v) is 11.1. The van der Waals surface area contributed by atoms with Gasteiger partial charge in [0.05, 0.1) is 7.11 Å². The van der Waals surface area contributed by atoms with Crippen molar-refractivity contribution in [2.45, 2.75) is 32.6 Å². The molecule has 5 nitrogen and oxygen atoms in total. The normalized spacial score (nSPS) is 11.5. The van der Waals surface area contributed by atoms with Gasteiger partial charge < -0.3 is 14.3 Å². The number of hydrogen-bond donors (Lipinski definition) is 1. The van der Waals surface area contributed by atoms with Gasteiger partial charge in [0.1, 0.15) is 11.6 Å². The van der Waals surface area contributed by atoms with Crippen LogP contribution in [0.3, 0.4) is 0 Å². The molecule has 0 aliphatic carbocycles. The molecular weight excluding hydrogens is 396 g/mol. The van der Waals surface area contributed by atoms with Crippen molar-refractivity contribution >= 4 is 21.8 Å². The first kappa shape index (κ1) is 20.3. The number of aromatic amines is 1. The molecular formula is C27H28N4O. The number of aryl methyl sites for hydroxylation is 4. The van der Waals surface area contributed by atoms with Crippen molar-refractivity contribution in [1.82, 2.24) is 19.5 Å². The molecule has 0 spiro atoms. The molecule has 0 saturated carbocycles. The van der Waals surface area contributed by atoms with Crippen LogP contribution in [0.4, 0.5) is 0 Å². The average molecular weight is 425 g/mol. The molecule has 0 bridgehead atoms. The van der Waals surface area contributed by atoms with Crippen molar-refractivity contribution in [3.63, 3.8) is 0 Å². The maximum atomic E-state index is 5.38. The van der Waals surface area contributed by atoms with Gasteiger partial charge in [0.25, 0.3) is 0 Å². The molecule has 0 fully saturated rings. The Morgan fingerprint density at radius 2 is 1.94 bits per heavy atom. The minimum Gasteiger partial charge on any atom is -0.497 e. The van der Waals surface area contributed by atoms with Crippen LogP contribution in [-0.2, 0) is 26.3 Å². The molecule has 1 N–H and O–H groups in total. The van der Waals surface area contributed by atoms with Gasteiger partial charge in [-0.2, -0.15) is 0 Å². The van der Waals surface area contributed by atoms with Crippen LogP contribution in [0.5, 0.6) is 5.75 Å². The predicted molar refractivity (Wildman–Crippen MR) is 129 cm³/mol. The SMILES string of the molecule is COc1ccc2[nH]cc(CCCc3nccc(Cc4ccc5c(c4)cc(C)n5C)n3)c2c1. The van der Waals surface area contributed by atoms with E-state index in [-0.39, 0.29) is 0 Å². The van der Waals surface area contributed by atoms with Crippen molar-refractivity contribution in [2.24, 2.45) is 7.05 Å². The van der Waals surface area contributed by atoms with Gasteiger partial charge in [-0.3, -0.25) is 0 Å². The van der Waals surface area contributed by atoms with Crippen molar-refractivity contribution in [3.8, 4) is 5.75 Å². The molecule has 5 heteroatoms. The number of nitrogens with one attached hydrogen (secondary N) is 1. The molecule has 3 aromatic heterocycles. The van der Waals surface area contributed by atoms with E-state index in [2.05, 4.69) is 71.1 Å². The van der Waals surface area contributed by atoms with Crippen molar-refractivity contribution in [3.05, 3.63) is 89.3 Å². The summed E-state index contributed by atoms with van der Waals surface area (Å²) < 4.78 is 7.61. The van der Waals surface area contributed by atoms with Crippen LogP contribution in [0.15, 0.2) is 60.9 Å². The van der Waals surface area contributed by atoms with Gasteiger partial charge in [-0.1, -0.05) is 6.07 Å². The topological polar surface area (TPSA) is 55.7 Å². The van der Waals surface area contributed by atoms with E-state index in [1.807, 2.05) is 18.3 Å². The largest absolute Gasteiger partial charge is 0.497 e. The van der Waals surface area contributed by atoms with Gasteiger partial charge in [-0.05, 0) is 73.4 Å². The monoisotopic (exact) mass is 424 g/mol. The van der Waals surface area contributed by atoms with E-state index in [1.165, 1.54) is 33.1 Å². The molecule has 162 valence electrons. The highest BCUT2D eigenvalue weighted by Gasteiger charge is 2.08. The molecule has 5 aromatic rings. The third kappa shape index (κ3) is 3.98. The minimum absolute atomic E-state index is 0.821. The molecule has 2 aromatic carbocycles. The van der Waals surface area contributed by atoms with Crippen molar-refractivity contribution < 1.29 is 4.74 Å². The van der Waals surface area contributed by atoms with Crippen molar-refractivity contribution in [2.75, 3.05) is 7.11 Å². The fourth-order valence-corrected chi connectivity index (χ4v) is 4.44. The quantitative estimate of drug-likeness (QED) is 0.374. The van der Waals surface area contributed by atoms with Crippen LogP contribution in [-0.4, -0.2) is 26.6 Å². The Morgan fingerprint density at radius 3 is 2.81 bits per heavy atom. The standard InChI is InChI=1S/C27H28N4O/c1-18-13-21-14-19(7-10-26(21)31(18)2)15-22-11-12-28-27(30-22)6-4-5-20-17-29-25-9-8-23(32-3)16-24(20)25/h7-14,16-17,29H,4-6,15H2,1-3H3. The smallest absolute Gasteiger partial charge is 0.128 e. The van der Waals surface area contributed by atoms with Gasteiger partial charge >= 0.3 is 0 Å². The van der Waals surface area contributed by atoms with Crippen LogP contribution >= 0.6 is 0 Å². The molecule has 0 aliphatic heterocycles. The van der Waals surface area contributed by atoms with E-state index >= 15 is 0 Å². The lowest BCUT2D eigenvalue weighted by molar-refractivity contribution is 0.415. The van der Waals surface area contributed by atoms with Crippen LogP contribution < -0.4 is 4.74 Å². The van der Waals surface area contributed by atoms with Crippen molar-refractivity contribution in [1.29, 1.82) is 0 Å². The predicted octanol–water partition coefficient (Wildman–Crippen LogP) is 5.53. The molecule has 0 amide bonds. The highest BCUT2D eigenvalue weighted by molar-refractivity contribution is 5.84. The van der Waals surface area contributed by atoms with E-state index in [1.54, 1.807) is 7.11 Å². The van der Waals surface area contributed by atoms with Crippen LogP contribution in [0.2, 0.25) is 0 Å². The Bertz CT molecular complexity index is 1400. The molecule has 0 radical (unpaired) electrons. The minimum atomic E-state index is 0.821. The Kier molecular flexibility index (Phi) is 5.39. The second-order valence-electron chi connectivity index (χ2n) is 8.46. The summed E-state index contributed by atoms with van der Waals surface area (Å²) in [4.78, 5) is 12.7. The summed E-state index contributed by atoms with van der Waals surface area (Å²) in [6, 6.07) is 17.1. The molecule has 32 heavy (non-hydrogen) atoms. The van der Waals surface area contributed by atoms with Crippen LogP contribution in [0.25, 0.3) is 21.8 Å². The summed E-state index contributed by atoms with van der Waals surface area (Å²) in [5, 5.41) is 2.51. The number of nitrogens with zero attached hydrogens (tertiary/aromatic N) is 3. The van der Waals surface area contributed by atoms with E-state index in [4.69, 9.17) is 9.72 Å². The number of fused-ring (bicyclic) bond motifs is 2. The van der Waals surface area contributed by atoms with E-state index in [9.17, 15) is 0 Å². The summed E-state index contributed by atoms with van der Waals surface area (Å²) in [6.07, 6.45) is 7.65. The average Bonchev–Trinajstić information content (AvgIpc) is 3.33. The zero-order chi connectivity index (χ0) is 22.1. The summed E-state index contributed by atoms with van der Waals surface area (Å²) in [5.41, 5.74) is 7.34. The molecule has 0 saturated heterocycles. The number of benzene rings is 2. The first-order chi connectivity index (χ1) is 15.6. The van der Waals surface area contributed by atoms with Crippen LogP contribution in [0, 0.1) is 6.92 Å². The lowest BCUT2D eigenvalue weighted by Crippen LogP contribution is -2.01. The lowest BCUT2D eigenvalue weighted by atomic mass is 10.1. The summed E-state index contributed by atoms with van der Waals surface area (Å²) in [7, 11) is 3.82. The Morgan fingerprint density at radius 1 is 1.03 bits per heavy atom. The van der Waals surface area contributed by atoms with Crippen LogP contribution in [0.1, 0.15) is 34.8 Å². The zero-order valence-corrected chi connectivity index (χ0v) is 18.9. The van der Waals surface area contributed by atoms with Gasteiger partial charge in [-0.25, -0.2) is 9.97 Å². The fraction of sp³-hybridized carbons (Fsp3) is 0.259. The Balaban J connectivity index is 1.26. The Labute approximate surface area is 188 Å².